The largest absolute Gasteiger partial charge is 0.456 e. The zero-order valence-corrected chi connectivity index (χ0v) is 19.4. The summed E-state index contributed by atoms with van der Waals surface area (Å²) in [6.07, 6.45) is 0. The highest BCUT2D eigenvalue weighted by Crippen LogP contribution is 2.49. The Kier molecular flexibility index (Phi) is 3.91. The molecule has 0 atom stereocenters. The van der Waals surface area contributed by atoms with E-state index in [4.69, 9.17) is 8.83 Å². The smallest absolute Gasteiger partial charge is 0.146 e. The van der Waals surface area contributed by atoms with Crippen molar-refractivity contribution >= 4 is 44.5 Å². The van der Waals surface area contributed by atoms with Gasteiger partial charge in [0.05, 0.1) is 5.56 Å². The Bertz CT molecular complexity index is 1930. The average Bonchev–Trinajstić information content (AvgIpc) is 3.54. The van der Waals surface area contributed by atoms with Gasteiger partial charge in [-0.05, 0) is 59.0 Å². The number of furan rings is 2. The fourth-order valence-corrected chi connectivity index (χ4v) is 6.42. The molecule has 0 spiro atoms. The van der Waals surface area contributed by atoms with Gasteiger partial charge in [0.1, 0.15) is 22.7 Å². The molecule has 35 heavy (non-hydrogen) atoms. The third kappa shape index (κ3) is 2.79. The number of para-hydroxylation sites is 2. The Labute approximate surface area is 205 Å². The molecule has 0 N–H and O–H groups in total. The molecule has 3 heterocycles. The van der Waals surface area contributed by atoms with Crippen molar-refractivity contribution in [2.24, 2.45) is 0 Å². The first-order valence-electron chi connectivity index (χ1n) is 11.7. The number of rotatable bonds is 2. The Morgan fingerprint density at radius 1 is 0.514 bits per heavy atom. The molecule has 0 aliphatic carbocycles. The maximum atomic E-state index is 6.43. The van der Waals surface area contributed by atoms with E-state index in [1.54, 1.807) is 0 Å². The Balaban J connectivity index is 1.26. The zero-order chi connectivity index (χ0) is 22.9. The number of hydrogen-bond donors (Lipinski definition) is 0. The van der Waals surface area contributed by atoms with Crippen LogP contribution < -0.4 is 0 Å². The van der Waals surface area contributed by atoms with Gasteiger partial charge < -0.3 is 8.83 Å². The van der Waals surface area contributed by atoms with E-state index in [1.165, 1.54) is 31.7 Å². The minimum absolute atomic E-state index is 0.809. The highest BCUT2D eigenvalue weighted by atomic mass is 32.2. The lowest BCUT2D eigenvalue weighted by atomic mass is 9.96. The lowest BCUT2D eigenvalue weighted by molar-refractivity contribution is 0.595. The quantitative estimate of drug-likeness (QED) is 0.254. The Hall–Kier alpha value is -4.21. The van der Waals surface area contributed by atoms with E-state index < -0.39 is 0 Å². The van der Waals surface area contributed by atoms with Crippen LogP contribution in [0.15, 0.2) is 128 Å². The zero-order valence-electron chi connectivity index (χ0n) is 18.6. The molecule has 3 heteroatoms. The normalized spacial score (nSPS) is 12.5. The summed E-state index contributed by atoms with van der Waals surface area (Å²) in [5.41, 5.74) is 6.34. The molecule has 0 saturated carbocycles. The Morgan fingerprint density at radius 3 is 2.29 bits per heavy atom. The summed E-state index contributed by atoms with van der Waals surface area (Å²) in [7, 11) is 0. The summed E-state index contributed by atoms with van der Waals surface area (Å²) in [5.74, 6) is 1.66. The maximum absolute atomic E-state index is 6.43. The van der Waals surface area contributed by atoms with Crippen molar-refractivity contribution in [2.75, 3.05) is 0 Å². The molecule has 2 aromatic heterocycles. The van der Waals surface area contributed by atoms with Gasteiger partial charge in [-0.1, -0.05) is 78.5 Å². The van der Waals surface area contributed by atoms with Crippen LogP contribution in [-0.4, -0.2) is 0 Å². The summed E-state index contributed by atoms with van der Waals surface area (Å²) in [6, 6.07) is 38.2. The molecule has 0 saturated heterocycles. The van der Waals surface area contributed by atoms with Gasteiger partial charge in [0.2, 0.25) is 0 Å². The summed E-state index contributed by atoms with van der Waals surface area (Å²) in [4.78, 5) is 2.59. The van der Waals surface area contributed by atoms with Crippen molar-refractivity contribution in [1.29, 1.82) is 0 Å². The molecule has 0 bridgehead atoms. The van der Waals surface area contributed by atoms with Crippen molar-refractivity contribution in [2.45, 2.75) is 9.79 Å². The van der Waals surface area contributed by atoms with E-state index in [-0.39, 0.29) is 0 Å². The first kappa shape index (κ1) is 19.1. The monoisotopic (exact) mass is 466 g/mol. The van der Waals surface area contributed by atoms with Gasteiger partial charge in [-0.3, -0.25) is 0 Å². The number of hydrogen-bond acceptors (Lipinski definition) is 3. The van der Waals surface area contributed by atoms with Crippen molar-refractivity contribution in [3.05, 3.63) is 109 Å². The summed E-state index contributed by atoms with van der Waals surface area (Å²) in [6.45, 7) is 0. The second kappa shape index (κ2) is 7.14. The molecule has 0 radical (unpaired) electrons. The first-order valence-corrected chi connectivity index (χ1v) is 12.5. The lowest BCUT2D eigenvalue weighted by Crippen LogP contribution is -1.93. The fraction of sp³-hybridized carbons (Fsp3) is 0. The molecule has 0 fully saturated rings. The Morgan fingerprint density at radius 2 is 1.31 bits per heavy atom. The number of fused-ring (bicyclic) bond motifs is 5. The van der Waals surface area contributed by atoms with Crippen LogP contribution in [0.2, 0.25) is 0 Å². The fourth-order valence-electron chi connectivity index (χ4n) is 5.30. The van der Waals surface area contributed by atoms with E-state index in [0.717, 1.165) is 44.6 Å². The van der Waals surface area contributed by atoms with Crippen molar-refractivity contribution in [3.63, 3.8) is 0 Å². The third-order valence-electron chi connectivity index (χ3n) is 6.92. The predicted molar refractivity (Wildman–Crippen MR) is 144 cm³/mol. The number of benzene rings is 5. The van der Waals surface area contributed by atoms with E-state index >= 15 is 0 Å². The van der Waals surface area contributed by atoms with Gasteiger partial charge >= 0.3 is 0 Å². The van der Waals surface area contributed by atoms with Crippen LogP contribution in [0.5, 0.6) is 0 Å². The van der Waals surface area contributed by atoms with Crippen LogP contribution in [0.4, 0.5) is 0 Å². The van der Waals surface area contributed by atoms with Crippen LogP contribution in [0.3, 0.4) is 0 Å². The second-order valence-electron chi connectivity index (χ2n) is 8.92. The summed E-state index contributed by atoms with van der Waals surface area (Å²) < 4.78 is 12.7. The van der Waals surface area contributed by atoms with Gasteiger partial charge in [-0.25, -0.2) is 0 Å². The molecule has 7 aromatic rings. The topological polar surface area (TPSA) is 26.3 Å². The molecule has 164 valence electrons. The lowest BCUT2D eigenvalue weighted by Gasteiger charge is -2.20. The van der Waals surface area contributed by atoms with Crippen LogP contribution in [-0.2, 0) is 0 Å². The van der Waals surface area contributed by atoms with Crippen molar-refractivity contribution < 1.29 is 8.83 Å². The average molecular weight is 467 g/mol. The van der Waals surface area contributed by atoms with E-state index in [2.05, 4.69) is 84.9 Å². The van der Waals surface area contributed by atoms with Crippen LogP contribution in [0.25, 0.3) is 66.5 Å². The second-order valence-corrected chi connectivity index (χ2v) is 10.0. The maximum Gasteiger partial charge on any atom is 0.146 e. The molecular weight excluding hydrogens is 448 g/mol. The molecule has 5 aromatic carbocycles. The molecule has 2 nitrogen and oxygen atoms in total. The van der Waals surface area contributed by atoms with E-state index in [0.29, 0.717) is 0 Å². The van der Waals surface area contributed by atoms with Crippen molar-refractivity contribution in [1.82, 2.24) is 0 Å². The van der Waals surface area contributed by atoms with Gasteiger partial charge in [0.25, 0.3) is 0 Å². The first-order chi connectivity index (χ1) is 17.3. The highest BCUT2D eigenvalue weighted by molar-refractivity contribution is 7.99. The van der Waals surface area contributed by atoms with Crippen molar-refractivity contribution in [3.8, 4) is 33.8 Å². The van der Waals surface area contributed by atoms with E-state index in [1.807, 2.05) is 36.0 Å². The molecule has 1 aliphatic rings. The van der Waals surface area contributed by atoms with Gasteiger partial charge in [-0.2, -0.15) is 0 Å². The minimum Gasteiger partial charge on any atom is -0.456 e. The van der Waals surface area contributed by atoms with E-state index in [9.17, 15) is 0 Å². The molecule has 0 amide bonds. The SMILES string of the molecule is c1cc2c3c(cccc3c1)-c1cc(-c3ccc(-c4cccc5c4oc4ccccc45)o3)ccc1S2. The van der Waals surface area contributed by atoms with Crippen LogP contribution >= 0.6 is 11.8 Å². The molecule has 0 unspecified atom stereocenters. The molecular formula is C32H18O2S. The summed E-state index contributed by atoms with van der Waals surface area (Å²) >= 11 is 1.84. The van der Waals surface area contributed by atoms with Gasteiger partial charge in [-0.15, -0.1) is 0 Å². The standard InChI is InChI=1S/C32H18O2S/c1-2-12-27-21(8-1)23-10-5-11-24(32(23)34-27)28-16-15-26(33-28)20-14-17-29-25(18-20)22-9-3-6-19-7-4-13-30(35-29)31(19)22/h1-18H. The van der Waals surface area contributed by atoms with Crippen LogP contribution in [0.1, 0.15) is 0 Å². The summed E-state index contributed by atoms with van der Waals surface area (Å²) in [5, 5.41) is 4.84. The predicted octanol–water partition coefficient (Wildman–Crippen LogP) is 9.80. The minimum atomic E-state index is 0.809. The third-order valence-corrected chi connectivity index (χ3v) is 8.05. The highest BCUT2D eigenvalue weighted by Gasteiger charge is 2.20. The molecule has 8 rings (SSSR count). The van der Waals surface area contributed by atoms with Gasteiger partial charge in [0.15, 0.2) is 0 Å². The van der Waals surface area contributed by atoms with Crippen LogP contribution in [0, 0.1) is 0 Å². The van der Waals surface area contributed by atoms with Gasteiger partial charge in [0, 0.05) is 31.5 Å². The molecule has 1 aliphatic heterocycles.